The number of rotatable bonds is 7. The van der Waals surface area contributed by atoms with Crippen LogP contribution in [0.5, 0.6) is 0 Å². The first-order valence-electron chi connectivity index (χ1n) is 8.73. The molecule has 0 spiro atoms. The molecule has 1 heterocycles. The third kappa shape index (κ3) is 5.23. The van der Waals surface area contributed by atoms with Crippen LogP contribution in [-0.2, 0) is 4.79 Å². The highest BCUT2D eigenvalue weighted by atomic mass is 32.2. The number of furan rings is 1. The van der Waals surface area contributed by atoms with Gasteiger partial charge in [-0.2, -0.15) is 0 Å². The van der Waals surface area contributed by atoms with Gasteiger partial charge in [0, 0.05) is 16.3 Å². The molecular formula is C21H19FN2O3S. The zero-order chi connectivity index (χ0) is 19.9. The minimum Gasteiger partial charge on any atom is -0.459 e. The number of hydrogen-bond acceptors (Lipinski definition) is 4. The van der Waals surface area contributed by atoms with Gasteiger partial charge in [-0.05, 0) is 61.0 Å². The van der Waals surface area contributed by atoms with Crippen LogP contribution >= 0.6 is 11.8 Å². The summed E-state index contributed by atoms with van der Waals surface area (Å²) in [5.41, 5.74) is 1.16. The van der Waals surface area contributed by atoms with Crippen LogP contribution in [0.2, 0.25) is 0 Å². The van der Waals surface area contributed by atoms with Gasteiger partial charge in [0.15, 0.2) is 5.76 Å². The molecule has 7 heteroatoms. The molecule has 2 amide bonds. The summed E-state index contributed by atoms with van der Waals surface area (Å²) in [5.74, 6) is -0.631. The monoisotopic (exact) mass is 398 g/mol. The predicted octanol–water partition coefficient (Wildman–Crippen LogP) is 5.18. The number of carbonyl (C=O) groups excluding carboxylic acids is 2. The first kappa shape index (κ1) is 19.7. The maximum Gasteiger partial charge on any atom is 0.291 e. The molecular weight excluding hydrogens is 379 g/mol. The summed E-state index contributed by atoms with van der Waals surface area (Å²) in [6.45, 7) is 1.92. The fourth-order valence-corrected chi connectivity index (χ4v) is 3.50. The van der Waals surface area contributed by atoms with E-state index in [0.29, 0.717) is 17.8 Å². The second-order valence-electron chi connectivity index (χ2n) is 5.97. The summed E-state index contributed by atoms with van der Waals surface area (Å²) in [5, 5.41) is 5.23. The number of benzene rings is 2. The van der Waals surface area contributed by atoms with Gasteiger partial charge < -0.3 is 15.1 Å². The average Bonchev–Trinajstić information content (AvgIpc) is 3.23. The zero-order valence-electron chi connectivity index (χ0n) is 15.1. The Hall–Kier alpha value is -3.06. The number of anilines is 2. The van der Waals surface area contributed by atoms with Crippen molar-refractivity contribution in [3.05, 3.63) is 78.5 Å². The molecule has 2 N–H and O–H groups in total. The highest BCUT2D eigenvalue weighted by Crippen LogP contribution is 2.28. The minimum atomic E-state index is -0.354. The smallest absolute Gasteiger partial charge is 0.291 e. The summed E-state index contributed by atoms with van der Waals surface area (Å²) in [6, 6.07) is 16.1. The lowest BCUT2D eigenvalue weighted by Crippen LogP contribution is -2.24. The highest BCUT2D eigenvalue weighted by Gasteiger charge is 2.18. The standard InChI is InChI=1S/C21H19FN2O3S/c1-2-19(21(26)23-15-10-8-14(22)9-11-15)28-17-6-3-5-16(13-17)24-20(25)18-7-4-12-27-18/h3-13,19H,2H2,1H3,(H,23,26)(H,24,25). The van der Waals surface area contributed by atoms with Gasteiger partial charge in [-0.3, -0.25) is 9.59 Å². The van der Waals surface area contributed by atoms with Crippen LogP contribution in [0.15, 0.2) is 76.2 Å². The quantitative estimate of drug-likeness (QED) is 0.538. The topological polar surface area (TPSA) is 71.3 Å². The van der Waals surface area contributed by atoms with Gasteiger partial charge in [-0.15, -0.1) is 11.8 Å². The molecule has 0 aliphatic rings. The first-order valence-corrected chi connectivity index (χ1v) is 9.61. The van der Waals surface area contributed by atoms with Gasteiger partial charge in [0.1, 0.15) is 5.82 Å². The van der Waals surface area contributed by atoms with Gasteiger partial charge in [0.05, 0.1) is 11.5 Å². The summed E-state index contributed by atoms with van der Waals surface area (Å²) < 4.78 is 18.1. The van der Waals surface area contributed by atoms with Crippen molar-refractivity contribution in [2.45, 2.75) is 23.5 Å². The van der Waals surface area contributed by atoms with E-state index in [2.05, 4.69) is 10.6 Å². The van der Waals surface area contributed by atoms with Crippen LogP contribution in [0.1, 0.15) is 23.9 Å². The molecule has 1 atom stereocenters. The number of carbonyl (C=O) groups is 2. The molecule has 144 valence electrons. The summed E-state index contributed by atoms with van der Waals surface area (Å²) in [4.78, 5) is 25.5. The molecule has 0 saturated carbocycles. The number of amides is 2. The summed E-state index contributed by atoms with van der Waals surface area (Å²) in [6.07, 6.45) is 2.05. The van der Waals surface area contributed by atoms with Gasteiger partial charge in [0.25, 0.3) is 5.91 Å². The van der Waals surface area contributed by atoms with E-state index in [9.17, 15) is 14.0 Å². The molecule has 2 aromatic carbocycles. The molecule has 1 unspecified atom stereocenters. The van der Waals surface area contributed by atoms with Crippen molar-refractivity contribution >= 4 is 35.0 Å². The lowest BCUT2D eigenvalue weighted by molar-refractivity contribution is -0.115. The molecule has 5 nitrogen and oxygen atoms in total. The maximum absolute atomic E-state index is 13.0. The largest absolute Gasteiger partial charge is 0.459 e. The van der Waals surface area contributed by atoms with E-state index in [0.717, 1.165) is 4.90 Å². The molecule has 28 heavy (non-hydrogen) atoms. The molecule has 1 aromatic heterocycles. The van der Waals surface area contributed by atoms with Crippen LogP contribution in [0.25, 0.3) is 0 Å². The van der Waals surface area contributed by atoms with Crippen LogP contribution in [-0.4, -0.2) is 17.1 Å². The van der Waals surface area contributed by atoms with E-state index in [1.165, 1.54) is 42.3 Å². The Labute approximate surface area is 166 Å². The lowest BCUT2D eigenvalue weighted by atomic mass is 10.2. The van der Waals surface area contributed by atoms with Crippen molar-refractivity contribution in [2.75, 3.05) is 10.6 Å². The first-order chi connectivity index (χ1) is 13.5. The molecule has 0 saturated heterocycles. The van der Waals surface area contributed by atoms with Gasteiger partial charge in [-0.1, -0.05) is 13.0 Å². The average molecular weight is 398 g/mol. The van der Waals surface area contributed by atoms with Crippen LogP contribution in [0, 0.1) is 5.82 Å². The Morgan fingerprint density at radius 1 is 1.04 bits per heavy atom. The van der Waals surface area contributed by atoms with E-state index >= 15 is 0 Å². The van der Waals surface area contributed by atoms with Crippen molar-refractivity contribution in [3.8, 4) is 0 Å². The number of thioether (sulfide) groups is 1. The minimum absolute atomic E-state index is 0.163. The van der Waals surface area contributed by atoms with E-state index < -0.39 is 0 Å². The molecule has 3 aromatic rings. The van der Waals surface area contributed by atoms with Crippen molar-refractivity contribution in [3.63, 3.8) is 0 Å². The molecule has 0 fully saturated rings. The zero-order valence-corrected chi connectivity index (χ0v) is 16.0. The van der Waals surface area contributed by atoms with Crippen molar-refractivity contribution in [2.24, 2.45) is 0 Å². The van der Waals surface area contributed by atoms with E-state index in [4.69, 9.17) is 4.42 Å². The van der Waals surface area contributed by atoms with Gasteiger partial charge in [0.2, 0.25) is 5.91 Å². The lowest BCUT2D eigenvalue weighted by Gasteiger charge is -2.15. The Balaban J connectivity index is 1.64. The Morgan fingerprint density at radius 3 is 2.50 bits per heavy atom. The second-order valence-corrected chi connectivity index (χ2v) is 7.25. The Kier molecular flexibility index (Phi) is 6.49. The van der Waals surface area contributed by atoms with Gasteiger partial charge in [-0.25, -0.2) is 4.39 Å². The van der Waals surface area contributed by atoms with Crippen molar-refractivity contribution in [1.29, 1.82) is 0 Å². The van der Waals surface area contributed by atoms with E-state index in [1.807, 2.05) is 19.1 Å². The fraction of sp³-hybridized carbons (Fsp3) is 0.143. The van der Waals surface area contributed by atoms with Crippen molar-refractivity contribution < 1.29 is 18.4 Å². The van der Waals surface area contributed by atoms with E-state index in [1.54, 1.807) is 24.3 Å². The number of hydrogen-bond donors (Lipinski definition) is 2. The van der Waals surface area contributed by atoms with E-state index in [-0.39, 0.29) is 28.6 Å². The maximum atomic E-state index is 13.0. The normalized spacial score (nSPS) is 11.6. The van der Waals surface area contributed by atoms with Crippen molar-refractivity contribution in [1.82, 2.24) is 0 Å². The molecule has 0 aliphatic carbocycles. The van der Waals surface area contributed by atoms with Crippen LogP contribution < -0.4 is 10.6 Å². The number of halogens is 1. The van der Waals surface area contributed by atoms with Gasteiger partial charge >= 0.3 is 0 Å². The molecule has 0 radical (unpaired) electrons. The molecule has 0 bridgehead atoms. The molecule has 3 rings (SSSR count). The molecule has 0 aliphatic heterocycles. The third-order valence-electron chi connectivity index (χ3n) is 3.89. The third-order valence-corrected chi connectivity index (χ3v) is 5.25. The summed E-state index contributed by atoms with van der Waals surface area (Å²) >= 11 is 1.40. The second kappa shape index (κ2) is 9.23. The number of nitrogens with one attached hydrogen (secondary N) is 2. The SMILES string of the molecule is CCC(Sc1cccc(NC(=O)c2ccco2)c1)C(=O)Nc1ccc(F)cc1. The van der Waals surface area contributed by atoms with Crippen LogP contribution in [0.4, 0.5) is 15.8 Å². The fourth-order valence-electron chi connectivity index (χ4n) is 2.49. The Bertz CT molecular complexity index is 943. The Morgan fingerprint density at radius 2 is 1.82 bits per heavy atom. The predicted molar refractivity (Wildman–Crippen MR) is 108 cm³/mol. The highest BCUT2D eigenvalue weighted by molar-refractivity contribution is 8.00. The van der Waals surface area contributed by atoms with Crippen LogP contribution in [0.3, 0.4) is 0 Å². The summed E-state index contributed by atoms with van der Waals surface area (Å²) in [7, 11) is 0.